The first kappa shape index (κ1) is 8.92. The highest BCUT2D eigenvalue weighted by atomic mass is 16.7. The van der Waals surface area contributed by atoms with E-state index in [9.17, 15) is 4.79 Å². The van der Waals surface area contributed by atoms with Crippen LogP contribution in [0.3, 0.4) is 0 Å². The Kier molecular flexibility index (Phi) is 2.59. The van der Waals surface area contributed by atoms with E-state index in [1.54, 1.807) is 0 Å². The highest BCUT2D eigenvalue weighted by Crippen LogP contribution is 2.30. The number of hydrogen-bond donors (Lipinski definition) is 1. The van der Waals surface area contributed by atoms with E-state index in [1.807, 2.05) is 0 Å². The van der Waals surface area contributed by atoms with Crippen LogP contribution in [0, 0.1) is 12.3 Å². The molecule has 1 aliphatic rings. The first-order chi connectivity index (χ1) is 5.68. The number of hydrogen-bond acceptors (Lipinski definition) is 2. The topological polar surface area (TPSA) is 46.5 Å². The molecule has 0 bridgehead atoms. The lowest BCUT2D eigenvalue weighted by molar-refractivity contribution is -0.00387. The summed E-state index contributed by atoms with van der Waals surface area (Å²) < 4.78 is 4.71. The van der Waals surface area contributed by atoms with Crippen LogP contribution in [0.2, 0.25) is 0 Å². The lowest BCUT2D eigenvalue weighted by Gasteiger charge is -2.30. The van der Waals surface area contributed by atoms with Crippen LogP contribution in [0.25, 0.3) is 0 Å². The molecule has 3 nitrogen and oxygen atoms in total. The Hall–Kier alpha value is -1.17. The summed E-state index contributed by atoms with van der Waals surface area (Å²) in [6.07, 6.45) is 8.33. The molecule has 0 amide bonds. The number of terminal acetylenes is 1. The SMILES string of the molecule is C#CC1(OC(=O)O)CCCCC1. The van der Waals surface area contributed by atoms with Crippen molar-refractivity contribution in [1.82, 2.24) is 0 Å². The van der Waals surface area contributed by atoms with E-state index in [0.29, 0.717) is 12.8 Å². The van der Waals surface area contributed by atoms with Crippen LogP contribution in [-0.2, 0) is 4.74 Å². The van der Waals surface area contributed by atoms with Gasteiger partial charge >= 0.3 is 6.16 Å². The largest absolute Gasteiger partial charge is 0.507 e. The van der Waals surface area contributed by atoms with Crippen LogP contribution in [0.5, 0.6) is 0 Å². The normalized spacial score (nSPS) is 20.9. The van der Waals surface area contributed by atoms with Crippen molar-refractivity contribution in [2.24, 2.45) is 0 Å². The third-order valence-corrected chi connectivity index (χ3v) is 2.21. The molecule has 0 heterocycles. The third-order valence-electron chi connectivity index (χ3n) is 2.21. The molecule has 3 heteroatoms. The van der Waals surface area contributed by atoms with Gasteiger partial charge in [-0.1, -0.05) is 12.3 Å². The van der Waals surface area contributed by atoms with Crippen molar-refractivity contribution in [3.63, 3.8) is 0 Å². The molecular formula is C9H12O3. The zero-order chi connectivity index (χ0) is 9.03. The van der Waals surface area contributed by atoms with Crippen molar-refractivity contribution in [3.05, 3.63) is 0 Å². The number of carbonyl (C=O) groups is 1. The Morgan fingerprint density at radius 3 is 2.42 bits per heavy atom. The molecule has 1 rings (SSSR count). The van der Waals surface area contributed by atoms with Crippen LogP contribution >= 0.6 is 0 Å². The van der Waals surface area contributed by atoms with Gasteiger partial charge in [0.2, 0.25) is 0 Å². The quantitative estimate of drug-likeness (QED) is 0.481. The first-order valence-electron chi connectivity index (χ1n) is 4.08. The summed E-state index contributed by atoms with van der Waals surface area (Å²) in [4.78, 5) is 10.3. The maximum atomic E-state index is 10.3. The van der Waals surface area contributed by atoms with Gasteiger partial charge in [0.1, 0.15) is 0 Å². The highest BCUT2D eigenvalue weighted by Gasteiger charge is 2.33. The first-order valence-corrected chi connectivity index (χ1v) is 4.08. The Balaban J connectivity index is 2.61. The fourth-order valence-electron chi connectivity index (χ4n) is 1.57. The Bertz CT molecular complexity index is 208. The molecule has 1 N–H and O–H groups in total. The van der Waals surface area contributed by atoms with Crippen LogP contribution in [0.15, 0.2) is 0 Å². The smallest absolute Gasteiger partial charge is 0.450 e. The van der Waals surface area contributed by atoms with Gasteiger partial charge in [0.05, 0.1) is 0 Å². The summed E-state index contributed by atoms with van der Waals surface area (Å²) in [7, 11) is 0. The summed E-state index contributed by atoms with van der Waals surface area (Å²) in [5, 5.41) is 8.44. The van der Waals surface area contributed by atoms with E-state index in [2.05, 4.69) is 5.92 Å². The lowest BCUT2D eigenvalue weighted by atomic mass is 9.85. The van der Waals surface area contributed by atoms with Gasteiger partial charge in [-0.2, -0.15) is 0 Å². The van der Waals surface area contributed by atoms with E-state index >= 15 is 0 Å². The van der Waals surface area contributed by atoms with Crippen LogP contribution in [0.1, 0.15) is 32.1 Å². The molecule has 0 aliphatic heterocycles. The van der Waals surface area contributed by atoms with Crippen LogP contribution < -0.4 is 0 Å². The summed E-state index contributed by atoms with van der Waals surface area (Å²) in [5.74, 6) is 2.45. The molecule has 1 fully saturated rings. The predicted octanol–water partition coefficient (Wildman–Crippen LogP) is 2.02. The Morgan fingerprint density at radius 2 is 2.00 bits per heavy atom. The van der Waals surface area contributed by atoms with E-state index in [1.165, 1.54) is 0 Å². The Labute approximate surface area is 71.7 Å². The van der Waals surface area contributed by atoms with Crippen molar-refractivity contribution < 1.29 is 14.6 Å². The maximum absolute atomic E-state index is 10.3. The number of ether oxygens (including phenoxy) is 1. The Morgan fingerprint density at radius 1 is 1.42 bits per heavy atom. The maximum Gasteiger partial charge on any atom is 0.507 e. The van der Waals surface area contributed by atoms with E-state index < -0.39 is 11.8 Å². The van der Waals surface area contributed by atoms with Gasteiger partial charge in [0.25, 0.3) is 0 Å². The lowest BCUT2D eigenvalue weighted by Crippen LogP contribution is -2.35. The van der Waals surface area contributed by atoms with E-state index in [4.69, 9.17) is 16.3 Å². The van der Waals surface area contributed by atoms with E-state index in [0.717, 1.165) is 19.3 Å². The second-order valence-electron chi connectivity index (χ2n) is 3.07. The molecule has 0 saturated heterocycles. The summed E-state index contributed by atoms with van der Waals surface area (Å²) in [6.45, 7) is 0. The number of rotatable bonds is 1. The molecule has 0 atom stereocenters. The molecule has 0 spiro atoms. The van der Waals surface area contributed by atoms with Gasteiger partial charge in [-0.25, -0.2) is 4.79 Å². The molecule has 1 aliphatic carbocycles. The second-order valence-corrected chi connectivity index (χ2v) is 3.07. The average Bonchev–Trinajstić information content (AvgIpc) is 2.05. The van der Waals surface area contributed by atoms with Gasteiger partial charge in [0, 0.05) is 0 Å². The van der Waals surface area contributed by atoms with Gasteiger partial charge in [0.15, 0.2) is 5.60 Å². The minimum absolute atomic E-state index is 0.663. The fraction of sp³-hybridized carbons (Fsp3) is 0.667. The zero-order valence-corrected chi connectivity index (χ0v) is 6.88. The molecule has 0 unspecified atom stereocenters. The summed E-state index contributed by atoms with van der Waals surface area (Å²) >= 11 is 0. The van der Waals surface area contributed by atoms with Crippen molar-refractivity contribution >= 4 is 6.16 Å². The number of carboxylic acid groups (broad SMARTS) is 1. The molecular weight excluding hydrogens is 156 g/mol. The molecule has 0 aromatic heterocycles. The summed E-state index contributed by atoms with van der Waals surface area (Å²) in [6, 6.07) is 0. The predicted molar refractivity (Wildman–Crippen MR) is 43.8 cm³/mol. The third kappa shape index (κ3) is 1.91. The van der Waals surface area contributed by atoms with Gasteiger partial charge in [-0.15, -0.1) is 6.42 Å². The van der Waals surface area contributed by atoms with Gasteiger partial charge < -0.3 is 9.84 Å². The molecule has 0 aromatic rings. The van der Waals surface area contributed by atoms with E-state index in [-0.39, 0.29) is 0 Å². The van der Waals surface area contributed by atoms with Crippen LogP contribution in [-0.4, -0.2) is 16.9 Å². The van der Waals surface area contributed by atoms with Crippen LogP contribution in [0.4, 0.5) is 4.79 Å². The molecule has 66 valence electrons. The summed E-state index contributed by atoms with van der Waals surface area (Å²) in [5.41, 5.74) is -0.829. The minimum Gasteiger partial charge on any atom is -0.450 e. The molecule has 1 saturated carbocycles. The van der Waals surface area contributed by atoms with Crippen molar-refractivity contribution in [2.75, 3.05) is 0 Å². The van der Waals surface area contributed by atoms with Crippen molar-refractivity contribution in [3.8, 4) is 12.3 Å². The highest BCUT2D eigenvalue weighted by molar-refractivity contribution is 5.58. The molecule has 12 heavy (non-hydrogen) atoms. The van der Waals surface area contributed by atoms with Gasteiger partial charge in [-0.05, 0) is 25.7 Å². The zero-order valence-electron chi connectivity index (χ0n) is 6.88. The minimum atomic E-state index is -1.27. The van der Waals surface area contributed by atoms with Crippen molar-refractivity contribution in [2.45, 2.75) is 37.7 Å². The molecule has 0 aromatic carbocycles. The van der Waals surface area contributed by atoms with Gasteiger partial charge in [-0.3, -0.25) is 0 Å². The molecule has 0 radical (unpaired) electrons. The fourth-order valence-corrected chi connectivity index (χ4v) is 1.57. The average molecular weight is 168 g/mol. The second kappa shape index (κ2) is 3.48. The standard InChI is InChI=1S/C9H12O3/c1-2-9(12-8(10)11)6-4-3-5-7-9/h1H,3-7H2,(H,10,11). The monoisotopic (exact) mass is 168 g/mol. The van der Waals surface area contributed by atoms with Crippen molar-refractivity contribution in [1.29, 1.82) is 0 Å².